The minimum absolute atomic E-state index is 0.0440. The van der Waals surface area contributed by atoms with Crippen LogP contribution in [0.15, 0.2) is 18.2 Å². The molecule has 8 heteroatoms. The first-order valence-electron chi connectivity index (χ1n) is 8.62. The van der Waals surface area contributed by atoms with Crippen LogP contribution < -0.4 is 4.74 Å². The Hall–Kier alpha value is -1.64. The van der Waals surface area contributed by atoms with E-state index in [9.17, 15) is 13.2 Å². The van der Waals surface area contributed by atoms with Gasteiger partial charge < -0.3 is 9.64 Å². The minimum Gasteiger partial charge on any atom is -0.493 e. The molecule has 0 atom stereocenters. The first-order valence-corrected chi connectivity index (χ1v) is 10.0. The lowest BCUT2D eigenvalue weighted by molar-refractivity contribution is 0.0764. The van der Waals surface area contributed by atoms with Gasteiger partial charge in [0.25, 0.3) is 16.1 Å². The number of rotatable bonds is 3. The van der Waals surface area contributed by atoms with Gasteiger partial charge in [-0.15, -0.1) is 0 Å². The molecule has 1 aromatic carbocycles. The van der Waals surface area contributed by atoms with Crippen LogP contribution in [0.4, 0.5) is 0 Å². The fraction of sp³-hybridized carbons (Fsp3) is 0.588. The zero-order valence-corrected chi connectivity index (χ0v) is 15.6. The topological polar surface area (TPSA) is 70.2 Å². The number of amides is 1. The number of ether oxygens (including phenoxy) is 1. The number of carbonyl (C=O) groups is 1. The predicted molar refractivity (Wildman–Crippen MR) is 95.0 cm³/mol. The van der Waals surface area contributed by atoms with Crippen molar-refractivity contribution in [3.05, 3.63) is 29.3 Å². The number of nitrogens with zero attached hydrogens (tertiary/aromatic N) is 3. The maximum absolute atomic E-state index is 12.8. The normalized spacial score (nSPS) is 19.2. The third kappa shape index (κ3) is 3.80. The highest BCUT2D eigenvalue weighted by Gasteiger charge is 2.28. The average Bonchev–Trinajstić information content (AvgIpc) is 2.87. The summed E-state index contributed by atoms with van der Waals surface area (Å²) >= 11 is 0. The number of carbonyl (C=O) groups excluding carboxylic acids is 1. The molecule has 1 aromatic rings. The summed E-state index contributed by atoms with van der Waals surface area (Å²) in [5.74, 6) is 0.819. The Kier molecular flexibility index (Phi) is 5.31. The summed E-state index contributed by atoms with van der Waals surface area (Å²) in [6.45, 7) is 2.44. The second kappa shape index (κ2) is 7.31. The molecule has 2 aliphatic rings. The fourth-order valence-corrected chi connectivity index (χ4v) is 4.37. The zero-order chi connectivity index (χ0) is 18.0. The van der Waals surface area contributed by atoms with Gasteiger partial charge in [-0.2, -0.15) is 17.0 Å². The molecule has 0 aromatic heterocycles. The quantitative estimate of drug-likeness (QED) is 0.798. The molecule has 0 unspecified atom stereocenters. The molecule has 1 fully saturated rings. The molecule has 0 saturated carbocycles. The van der Waals surface area contributed by atoms with Crippen LogP contribution in [0.2, 0.25) is 0 Å². The van der Waals surface area contributed by atoms with Crippen molar-refractivity contribution in [1.82, 2.24) is 13.5 Å². The molecule has 2 heterocycles. The lowest BCUT2D eigenvalue weighted by atomic mass is 10.0. The fourth-order valence-electron chi connectivity index (χ4n) is 3.23. The monoisotopic (exact) mass is 367 g/mol. The van der Waals surface area contributed by atoms with Crippen molar-refractivity contribution < 1.29 is 17.9 Å². The molecule has 2 aliphatic heterocycles. The van der Waals surface area contributed by atoms with E-state index in [1.165, 1.54) is 22.7 Å². The molecular formula is C17H25N3O4S. The van der Waals surface area contributed by atoms with Crippen LogP contribution in [0.5, 0.6) is 5.75 Å². The standard InChI is InChI=1S/C17H25N3O4S/c1-18(2)25(22,23)20-9-4-8-19(10-11-20)17(21)15-6-7-16-14(13-15)5-3-12-24-16/h6-7,13H,3-5,8-12H2,1-2H3. The molecule has 3 rings (SSSR count). The van der Waals surface area contributed by atoms with E-state index in [-0.39, 0.29) is 5.91 Å². The van der Waals surface area contributed by atoms with Gasteiger partial charge in [-0.05, 0) is 43.0 Å². The van der Waals surface area contributed by atoms with E-state index in [1.54, 1.807) is 11.0 Å². The lowest BCUT2D eigenvalue weighted by Crippen LogP contribution is -2.42. The van der Waals surface area contributed by atoms with Gasteiger partial charge in [-0.3, -0.25) is 4.79 Å². The lowest BCUT2D eigenvalue weighted by Gasteiger charge is -2.24. The van der Waals surface area contributed by atoms with Crippen molar-refractivity contribution in [2.75, 3.05) is 46.9 Å². The van der Waals surface area contributed by atoms with Gasteiger partial charge in [0.2, 0.25) is 0 Å². The van der Waals surface area contributed by atoms with E-state index in [0.29, 0.717) is 38.2 Å². The number of hydrogen-bond acceptors (Lipinski definition) is 4. The number of fused-ring (bicyclic) bond motifs is 1. The first-order chi connectivity index (χ1) is 11.9. The summed E-state index contributed by atoms with van der Waals surface area (Å²) in [7, 11) is -0.385. The van der Waals surface area contributed by atoms with Crippen LogP contribution in [0.3, 0.4) is 0 Å². The third-order valence-corrected chi connectivity index (χ3v) is 6.63. The molecule has 0 radical (unpaired) electrons. The maximum Gasteiger partial charge on any atom is 0.281 e. The van der Waals surface area contributed by atoms with Crippen molar-refractivity contribution in [3.63, 3.8) is 0 Å². The van der Waals surface area contributed by atoms with E-state index in [1.807, 2.05) is 12.1 Å². The molecule has 0 N–H and O–H groups in total. The van der Waals surface area contributed by atoms with Crippen molar-refractivity contribution in [1.29, 1.82) is 0 Å². The van der Waals surface area contributed by atoms with Gasteiger partial charge in [0, 0.05) is 45.8 Å². The van der Waals surface area contributed by atoms with Gasteiger partial charge in [0.15, 0.2) is 0 Å². The first kappa shape index (κ1) is 18.2. The molecule has 7 nitrogen and oxygen atoms in total. The van der Waals surface area contributed by atoms with Crippen LogP contribution in [0.25, 0.3) is 0 Å². The largest absolute Gasteiger partial charge is 0.493 e. The van der Waals surface area contributed by atoms with E-state index in [2.05, 4.69) is 0 Å². The van der Waals surface area contributed by atoms with Gasteiger partial charge in [0.1, 0.15) is 5.75 Å². The van der Waals surface area contributed by atoms with Crippen LogP contribution in [-0.2, 0) is 16.6 Å². The summed E-state index contributed by atoms with van der Waals surface area (Å²) in [5, 5.41) is 0. The Morgan fingerprint density at radius 2 is 1.92 bits per heavy atom. The molecule has 25 heavy (non-hydrogen) atoms. The Bertz CT molecular complexity index is 748. The van der Waals surface area contributed by atoms with Crippen molar-refractivity contribution >= 4 is 16.1 Å². The van der Waals surface area contributed by atoms with E-state index >= 15 is 0 Å². The van der Waals surface area contributed by atoms with E-state index in [0.717, 1.165) is 30.8 Å². The SMILES string of the molecule is CN(C)S(=O)(=O)N1CCCN(C(=O)c2ccc3c(c2)CCCO3)CC1. The van der Waals surface area contributed by atoms with Gasteiger partial charge in [-0.25, -0.2) is 0 Å². The van der Waals surface area contributed by atoms with Gasteiger partial charge in [-0.1, -0.05) is 0 Å². The zero-order valence-electron chi connectivity index (χ0n) is 14.8. The highest BCUT2D eigenvalue weighted by atomic mass is 32.2. The number of hydrogen-bond donors (Lipinski definition) is 0. The molecular weight excluding hydrogens is 342 g/mol. The van der Waals surface area contributed by atoms with Crippen LogP contribution in [0, 0.1) is 0 Å². The Morgan fingerprint density at radius 1 is 1.12 bits per heavy atom. The van der Waals surface area contributed by atoms with Crippen molar-refractivity contribution in [2.24, 2.45) is 0 Å². The molecule has 0 aliphatic carbocycles. The summed E-state index contributed by atoms with van der Waals surface area (Å²) in [6, 6.07) is 5.57. The van der Waals surface area contributed by atoms with E-state index in [4.69, 9.17) is 4.74 Å². The predicted octanol–water partition coefficient (Wildman–Crippen LogP) is 0.966. The highest BCUT2D eigenvalue weighted by molar-refractivity contribution is 7.86. The van der Waals surface area contributed by atoms with Gasteiger partial charge >= 0.3 is 0 Å². The Labute approximate surface area is 149 Å². The molecule has 0 spiro atoms. The van der Waals surface area contributed by atoms with Crippen LogP contribution in [0.1, 0.15) is 28.8 Å². The summed E-state index contributed by atoms with van der Waals surface area (Å²) in [5.41, 5.74) is 1.72. The van der Waals surface area contributed by atoms with Gasteiger partial charge in [0.05, 0.1) is 6.61 Å². The average molecular weight is 367 g/mol. The smallest absolute Gasteiger partial charge is 0.281 e. The molecule has 1 amide bonds. The maximum atomic E-state index is 12.8. The second-order valence-electron chi connectivity index (χ2n) is 6.61. The number of benzene rings is 1. The Morgan fingerprint density at radius 3 is 2.68 bits per heavy atom. The number of aryl methyl sites for hydroxylation is 1. The molecule has 0 bridgehead atoms. The second-order valence-corrected chi connectivity index (χ2v) is 8.75. The van der Waals surface area contributed by atoms with Crippen LogP contribution >= 0.6 is 0 Å². The van der Waals surface area contributed by atoms with Crippen molar-refractivity contribution in [2.45, 2.75) is 19.3 Å². The molecule has 138 valence electrons. The molecule has 1 saturated heterocycles. The highest BCUT2D eigenvalue weighted by Crippen LogP contribution is 2.26. The van der Waals surface area contributed by atoms with Crippen molar-refractivity contribution in [3.8, 4) is 5.75 Å². The summed E-state index contributed by atoms with van der Waals surface area (Å²) in [6.07, 6.45) is 2.52. The minimum atomic E-state index is -3.44. The van der Waals surface area contributed by atoms with E-state index < -0.39 is 10.2 Å². The summed E-state index contributed by atoms with van der Waals surface area (Å²) in [4.78, 5) is 14.6. The Balaban J connectivity index is 1.71. The third-order valence-electron chi connectivity index (χ3n) is 4.69. The summed E-state index contributed by atoms with van der Waals surface area (Å²) < 4.78 is 32.8. The van der Waals surface area contributed by atoms with Crippen LogP contribution in [-0.4, -0.2) is 74.7 Å².